The van der Waals surface area contributed by atoms with Gasteiger partial charge in [-0.25, -0.2) is 0 Å². The lowest BCUT2D eigenvalue weighted by Gasteiger charge is -2.43. The van der Waals surface area contributed by atoms with E-state index in [9.17, 15) is 4.79 Å². The van der Waals surface area contributed by atoms with Gasteiger partial charge in [-0.15, -0.1) is 0 Å². The fourth-order valence-electron chi connectivity index (χ4n) is 3.62. The summed E-state index contributed by atoms with van der Waals surface area (Å²) < 4.78 is 11.2. The van der Waals surface area contributed by atoms with Gasteiger partial charge in [0.25, 0.3) is 5.91 Å². The molecule has 2 heterocycles. The third-order valence-corrected chi connectivity index (χ3v) is 5.10. The average Bonchev–Trinajstić information content (AvgIpc) is 3.11. The number of morpholine rings is 1. The Balaban J connectivity index is 1.55. The van der Waals surface area contributed by atoms with E-state index in [0.717, 1.165) is 24.8 Å². The van der Waals surface area contributed by atoms with E-state index in [-0.39, 0.29) is 18.1 Å². The fraction of sp³-hybridized carbons (Fsp3) is 0.444. The molecule has 24 heavy (non-hydrogen) atoms. The van der Waals surface area contributed by atoms with Crippen molar-refractivity contribution in [2.75, 3.05) is 13.2 Å². The van der Waals surface area contributed by atoms with Crippen molar-refractivity contribution >= 4 is 17.5 Å². The zero-order valence-corrected chi connectivity index (χ0v) is 14.0. The van der Waals surface area contributed by atoms with Crippen molar-refractivity contribution in [3.63, 3.8) is 0 Å². The van der Waals surface area contributed by atoms with Gasteiger partial charge in [0.15, 0.2) is 11.5 Å². The van der Waals surface area contributed by atoms with Crippen molar-refractivity contribution in [1.29, 1.82) is 0 Å². The van der Waals surface area contributed by atoms with Gasteiger partial charge in [0.05, 0.1) is 18.8 Å². The quantitative estimate of drug-likeness (QED) is 0.830. The molecule has 2 aliphatic rings. The van der Waals surface area contributed by atoms with Crippen molar-refractivity contribution in [2.45, 2.75) is 37.8 Å². The van der Waals surface area contributed by atoms with Gasteiger partial charge in [-0.3, -0.25) is 4.79 Å². The number of fused-ring (bicyclic) bond motifs is 1. The number of hydrogen-bond donors (Lipinski definition) is 0. The molecule has 1 saturated heterocycles. The first kappa shape index (κ1) is 15.7. The van der Waals surface area contributed by atoms with E-state index in [2.05, 4.69) is 5.16 Å². The van der Waals surface area contributed by atoms with Crippen LogP contribution in [0.3, 0.4) is 0 Å². The van der Waals surface area contributed by atoms with Crippen molar-refractivity contribution in [3.05, 3.63) is 41.0 Å². The monoisotopic (exact) mass is 346 g/mol. The predicted octanol–water partition coefficient (Wildman–Crippen LogP) is 3.78. The average molecular weight is 347 g/mol. The zero-order valence-electron chi connectivity index (χ0n) is 13.3. The topological polar surface area (TPSA) is 55.6 Å². The van der Waals surface area contributed by atoms with Crippen LogP contribution in [0.1, 0.15) is 36.2 Å². The molecule has 4 rings (SSSR count). The third-order valence-electron chi connectivity index (χ3n) is 4.85. The zero-order chi connectivity index (χ0) is 16.5. The smallest absolute Gasteiger partial charge is 0.276 e. The van der Waals surface area contributed by atoms with E-state index in [0.29, 0.717) is 29.6 Å². The molecule has 0 N–H and O–H groups in total. The summed E-state index contributed by atoms with van der Waals surface area (Å²) in [6.07, 6.45) is 4.51. The maximum absolute atomic E-state index is 12.9. The molecular formula is C18H19ClN2O3. The summed E-state index contributed by atoms with van der Waals surface area (Å²) in [6, 6.07) is 9.14. The summed E-state index contributed by atoms with van der Waals surface area (Å²) >= 11 is 5.90. The normalized spacial score (nSPS) is 23.8. The molecule has 5 nitrogen and oxygen atoms in total. The van der Waals surface area contributed by atoms with E-state index in [1.807, 2.05) is 17.0 Å². The second kappa shape index (κ2) is 6.57. The molecule has 1 aromatic heterocycles. The minimum atomic E-state index is -0.0702. The Bertz CT molecular complexity index is 726. The van der Waals surface area contributed by atoms with Gasteiger partial charge in [0, 0.05) is 23.2 Å². The molecule has 126 valence electrons. The molecule has 1 aliphatic carbocycles. The molecule has 0 bridgehead atoms. The number of amides is 1. The van der Waals surface area contributed by atoms with E-state index in [4.69, 9.17) is 20.9 Å². The maximum atomic E-state index is 12.9. The highest BCUT2D eigenvalue weighted by Crippen LogP contribution is 2.30. The fourth-order valence-corrected chi connectivity index (χ4v) is 3.75. The van der Waals surface area contributed by atoms with Crippen molar-refractivity contribution < 1.29 is 14.1 Å². The Labute approximate surface area is 145 Å². The predicted molar refractivity (Wildman–Crippen MR) is 90.0 cm³/mol. The summed E-state index contributed by atoms with van der Waals surface area (Å²) in [6.45, 7) is 1.21. The number of ether oxygens (including phenoxy) is 1. The van der Waals surface area contributed by atoms with Crippen LogP contribution < -0.4 is 0 Å². The third kappa shape index (κ3) is 2.94. The molecule has 2 fully saturated rings. The number of benzene rings is 1. The van der Waals surface area contributed by atoms with Crippen LogP contribution in [0.2, 0.25) is 5.02 Å². The number of halogens is 1. The highest BCUT2D eigenvalue weighted by Gasteiger charge is 2.37. The molecule has 2 unspecified atom stereocenters. The van der Waals surface area contributed by atoms with Gasteiger partial charge in [0.1, 0.15) is 0 Å². The van der Waals surface area contributed by atoms with Gasteiger partial charge in [-0.2, -0.15) is 0 Å². The molecule has 0 spiro atoms. The number of carbonyl (C=O) groups is 1. The van der Waals surface area contributed by atoms with Crippen LogP contribution in [0.15, 0.2) is 34.9 Å². The highest BCUT2D eigenvalue weighted by molar-refractivity contribution is 6.30. The summed E-state index contributed by atoms with van der Waals surface area (Å²) in [5, 5.41) is 4.65. The minimum absolute atomic E-state index is 0.0702. The van der Waals surface area contributed by atoms with E-state index >= 15 is 0 Å². The molecule has 0 radical (unpaired) electrons. The molecule has 1 aliphatic heterocycles. The van der Waals surface area contributed by atoms with Crippen LogP contribution >= 0.6 is 11.6 Å². The Morgan fingerprint density at radius 3 is 2.83 bits per heavy atom. The highest BCUT2D eigenvalue weighted by atomic mass is 35.5. The lowest BCUT2D eigenvalue weighted by Crippen LogP contribution is -2.54. The van der Waals surface area contributed by atoms with E-state index in [1.165, 1.54) is 6.42 Å². The summed E-state index contributed by atoms with van der Waals surface area (Å²) in [4.78, 5) is 14.8. The summed E-state index contributed by atoms with van der Waals surface area (Å²) in [7, 11) is 0. The van der Waals surface area contributed by atoms with Crippen LogP contribution in [-0.4, -0.2) is 41.3 Å². The lowest BCUT2D eigenvalue weighted by molar-refractivity contribution is -0.0755. The van der Waals surface area contributed by atoms with Crippen molar-refractivity contribution in [3.8, 4) is 11.3 Å². The second-order valence-electron chi connectivity index (χ2n) is 6.34. The first-order chi connectivity index (χ1) is 11.7. The van der Waals surface area contributed by atoms with Crippen molar-refractivity contribution in [1.82, 2.24) is 10.1 Å². The number of rotatable bonds is 2. The molecule has 2 aromatic rings. The van der Waals surface area contributed by atoms with Crippen LogP contribution in [0.5, 0.6) is 0 Å². The van der Waals surface area contributed by atoms with Gasteiger partial charge in [-0.1, -0.05) is 29.6 Å². The first-order valence-corrected chi connectivity index (χ1v) is 8.75. The number of aromatic nitrogens is 1. The molecule has 1 aromatic carbocycles. The molecule has 6 heteroatoms. The van der Waals surface area contributed by atoms with Gasteiger partial charge < -0.3 is 14.2 Å². The first-order valence-electron chi connectivity index (χ1n) is 8.37. The molecular weight excluding hydrogens is 328 g/mol. The number of hydrogen-bond acceptors (Lipinski definition) is 4. The standard InChI is InChI=1S/C18H19ClN2O3/c19-13-7-5-12(6-8-13)17-11-14(20-24-17)18(22)21-9-10-23-16-4-2-1-3-15(16)21/h5-8,11,15-16H,1-4,9-10H2. The van der Waals surface area contributed by atoms with Crippen molar-refractivity contribution in [2.24, 2.45) is 0 Å². The second-order valence-corrected chi connectivity index (χ2v) is 6.78. The summed E-state index contributed by atoms with van der Waals surface area (Å²) in [5.41, 5.74) is 1.20. The molecule has 1 amide bonds. The Morgan fingerprint density at radius 1 is 1.21 bits per heavy atom. The molecule has 1 saturated carbocycles. The number of carbonyl (C=O) groups excluding carboxylic acids is 1. The SMILES string of the molecule is O=C(c1cc(-c2ccc(Cl)cc2)on1)N1CCOC2CCCCC21. The van der Waals surface area contributed by atoms with Gasteiger partial charge >= 0.3 is 0 Å². The minimum Gasteiger partial charge on any atom is -0.374 e. The van der Waals surface area contributed by atoms with Crippen LogP contribution in [0.25, 0.3) is 11.3 Å². The van der Waals surface area contributed by atoms with Gasteiger partial charge in [-0.05, 0) is 37.1 Å². The summed E-state index contributed by atoms with van der Waals surface area (Å²) in [5.74, 6) is 0.502. The number of nitrogens with zero attached hydrogens (tertiary/aromatic N) is 2. The van der Waals surface area contributed by atoms with Gasteiger partial charge in [0.2, 0.25) is 0 Å². The Hall–Kier alpha value is -1.85. The van der Waals surface area contributed by atoms with Crippen LogP contribution in [0, 0.1) is 0 Å². The van der Waals surface area contributed by atoms with E-state index < -0.39 is 0 Å². The largest absolute Gasteiger partial charge is 0.374 e. The molecule has 2 atom stereocenters. The lowest BCUT2D eigenvalue weighted by atomic mass is 9.90. The Morgan fingerprint density at radius 2 is 2.00 bits per heavy atom. The van der Waals surface area contributed by atoms with E-state index in [1.54, 1.807) is 18.2 Å². The van der Waals surface area contributed by atoms with Crippen LogP contribution in [-0.2, 0) is 4.74 Å². The maximum Gasteiger partial charge on any atom is 0.276 e. The van der Waals surface area contributed by atoms with Crippen LogP contribution in [0.4, 0.5) is 0 Å². The Kier molecular flexibility index (Phi) is 4.29.